The number of pyridine rings is 1. The minimum Gasteiger partial charge on any atom is -0.478 e. The van der Waals surface area contributed by atoms with Gasteiger partial charge in [-0.1, -0.05) is 0 Å². The molecule has 0 spiro atoms. The van der Waals surface area contributed by atoms with Crippen molar-refractivity contribution >= 4 is 23.3 Å². The summed E-state index contributed by atoms with van der Waals surface area (Å²) >= 11 is 0. The quantitative estimate of drug-likeness (QED) is 0.732. The Hall–Kier alpha value is -2.96. The van der Waals surface area contributed by atoms with Crippen LogP contribution < -0.4 is 5.32 Å². The van der Waals surface area contributed by atoms with E-state index in [0.29, 0.717) is 5.56 Å². The molecule has 0 atom stereocenters. The minimum absolute atomic E-state index is 0.0632. The van der Waals surface area contributed by atoms with Crippen LogP contribution >= 0.6 is 0 Å². The smallest absolute Gasteiger partial charge is 0.337 e. The molecular formula is C13H11N3O4. The average molecular weight is 273 g/mol. The predicted molar refractivity (Wildman–Crippen MR) is 69.9 cm³/mol. The highest BCUT2D eigenvalue weighted by atomic mass is 16.4. The first-order valence-corrected chi connectivity index (χ1v) is 5.67. The van der Waals surface area contributed by atoms with Gasteiger partial charge in [0.05, 0.1) is 17.4 Å². The largest absolute Gasteiger partial charge is 0.478 e. The lowest BCUT2D eigenvalue weighted by Crippen LogP contribution is -2.15. The van der Waals surface area contributed by atoms with Crippen molar-refractivity contribution in [1.29, 1.82) is 0 Å². The molecule has 0 unspecified atom stereocenters. The number of carboxylic acids is 1. The molecular weight excluding hydrogens is 262 g/mol. The molecule has 0 aliphatic carbocycles. The van der Waals surface area contributed by atoms with Crippen molar-refractivity contribution in [2.75, 3.05) is 5.32 Å². The van der Waals surface area contributed by atoms with Gasteiger partial charge >= 0.3 is 5.97 Å². The topological polar surface area (TPSA) is 112 Å². The number of Topliss-reactive ketones (excluding diaryl/α,β-unsaturated/α-hetero) is 1. The Balaban J connectivity index is 2.23. The molecule has 0 aliphatic rings. The van der Waals surface area contributed by atoms with Crippen LogP contribution in [0.1, 0.15) is 38.1 Å². The molecule has 0 radical (unpaired) electrons. The van der Waals surface area contributed by atoms with E-state index in [-0.39, 0.29) is 22.7 Å². The van der Waals surface area contributed by atoms with E-state index >= 15 is 0 Å². The number of anilines is 1. The van der Waals surface area contributed by atoms with Gasteiger partial charge in [-0.2, -0.15) is 0 Å². The minimum atomic E-state index is -1.17. The van der Waals surface area contributed by atoms with Crippen molar-refractivity contribution in [3.63, 3.8) is 0 Å². The number of carbonyl (C=O) groups is 3. The highest BCUT2D eigenvalue weighted by Gasteiger charge is 2.15. The molecule has 2 heterocycles. The Kier molecular flexibility index (Phi) is 3.60. The van der Waals surface area contributed by atoms with Crippen molar-refractivity contribution in [1.82, 2.24) is 9.97 Å². The zero-order valence-electron chi connectivity index (χ0n) is 10.5. The Labute approximate surface area is 113 Å². The number of hydrogen-bond donors (Lipinski definition) is 3. The van der Waals surface area contributed by atoms with Crippen molar-refractivity contribution in [2.45, 2.75) is 6.92 Å². The zero-order chi connectivity index (χ0) is 14.7. The third-order valence-corrected chi connectivity index (χ3v) is 2.63. The number of ketones is 1. The van der Waals surface area contributed by atoms with E-state index < -0.39 is 11.9 Å². The van der Waals surface area contributed by atoms with Crippen LogP contribution in [-0.2, 0) is 0 Å². The second-order valence-electron chi connectivity index (χ2n) is 4.04. The molecule has 3 N–H and O–H groups in total. The van der Waals surface area contributed by atoms with Crippen LogP contribution in [0.2, 0.25) is 0 Å². The standard InChI is InChI=1S/C13H11N3O4/c1-7(17)8-4-10(15-5-8)12(18)16-11-6-14-3-2-9(11)13(19)20/h2-6,15H,1H3,(H,16,18)(H,19,20). The van der Waals surface area contributed by atoms with Gasteiger partial charge in [0.2, 0.25) is 0 Å². The average Bonchev–Trinajstić information content (AvgIpc) is 2.89. The Bertz CT molecular complexity index is 690. The number of aromatic nitrogens is 2. The molecule has 20 heavy (non-hydrogen) atoms. The summed E-state index contributed by atoms with van der Waals surface area (Å²) in [6, 6.07) is 2.68. The summed E-state index contributed by atoms with van der Waals surface area (Å²) in [5, 5.41) is 11.4. The van der Waals surface area contributed by atoms with Gasteiger partial charge < -0.3 is 15.4 Å². The molecule has 102 valence electrons. The fraction of sp³-hybridized carbons (Fsp3) is 0.0769. The monoisotopic (exact) mass is 273 g/mol. The molecule has 0 saturated carbocycles. The molecule has 0 aliphatic heterocycles. The predicted octanol–water partition coefficient (Wildman–Crippen LogP) is 1.56. The normalized spacial score (nSPS) is 10.1. The summed E-state index contributed by atoms with van der Waals surface area (Å²) in [6.07, 6.45) is 3.98. The number of aromatic carboxylic acids is 1. The van der Waals surface area contributed by atoms with Gasteiger partial charge in [0.25, 0.3) is 5.91 Å². The molecule has 2 rings (SSSR count). The maximum Gasteiger partial charge on any atom is 0.337 e. The lowest BCUT2D eigenvalue weighted by molar-refractivity contribution is 0.0697. The number of amides is 1. The first kappa shape index (κ1) is 13.5. The van der Waals surface area contributed by atoms with Crippen LogP contribution in [0.25, 0.3) is 0 Å². The summed E-state index contributed by atoms with van der Waals surface area (Å²) in [7, 11) is 0. The van der Waals surface area contributed by atoms with Crippen LogP contribution in [0.3, 0.4) is 0 Å². The highest BCUT2D eigenvalue weighted by Crippen LogP contribution is 2.15. The van der Waals surface area contributed by atoms with Crippen molar-refractivity contribution < 1.29 is 19.5 Å². The number of carboxylic acid groups (broad SMARTS) is 1. The van der Waals surface area contributed by atoms with Crippen molar-refractivity contribution in [3.8, 4) is 0 Å². The SMILES string of the molecule is CC(=O)c1c[nH]c(C(=O)Nc2cnccc2C(=O)O)c1. The molecule has 7 heteroatoms. The number of rotatable bonds is 4. The Morgan fingerprint density at radius 1 is 1.35 bits per heavy atom. The second kappa shape index (κ2) is 5.35. The van der Waals surface area contributed by atoms with Crippen LogP contribution in [0, 0.1) is 0 Å². The molecule has 0 bridgehead atoms. The van der Waals surface area contributed by atoms with Crippen molar-refractivity contribution in [3.05, 3.63) is 47.5 Å². The van der Waals surface area contributed by atoms with Crippen LogP contribution in [0.5, 0.6) is 0 Å². The summed E-state index contributed by atoms with van der Waals surface area (Å²) in [5.74, 6) is -1.89. The first-order valence-electron chi connectivity index (χ1n) is 5.67. The van der Waals surface area contributed by atoms with E-state index in [1.807, 2.05) is 0 Å². The van der Waals surface area contributed by atoms with E-state index in [4.69, 9.17) is 5.11 Å². The highest BCUT2D eigenvalue weighted by molar-refractivity contribution is 6.08. The van der Waals surface area contributed by atoms with Gasteiger partial charge in [-0.25, -0.2) is 4.79 Å². The molecule has 0 fully saturated rings. The summed E-state index contributed by atoms with van der Waals surface area (Å²) < 4.78 is 0. The third kappa shape index (κ3) is 2.72. The summed E-state index contributed by atoms with van der Waals surface area (Å²) in [4.78, 5) is 40.5. The first-order chi connectivity index (χ1) is 9.49. The molecule has 2 aromatic rings. The van der Waals surface area contributed by atoms with Gasteiger partial charge in [0.1, 0.15) is 5.69 Å². The van der Waals surface area contributed by atoms with Gasteiger partial charge in [0.15, 0.2) is 5.78 Å². The fourth-order valence-electron chi connectivity index (χ4n) is 1.60. The number of H-pyrrole nitrogens is 1. The van der Waals surface area contributed by atoms with Gasteiger partial charge in [0, 0.05) is 18.0 Å². The van der Waals surface area contributed by atoms with Gasteiger partial charge in [-0.05, 0) is 19.1 Å². The fourth-order valence-corrected chi connectivity index (χ4v) is 1.60. The van der Waals surface area contributed by atoms with Gasteiger partial charge in [-0.3, -0.25) is 14.6 Å². The van der Waals surface area contributed by atoms with Crippen LogP contribution in [-0.4, -0.2) is 32.7 Å². The Morgan fingerprint density at radius 2 is 2.10 bits per heavy atom. The summed E-state index contributed by atoms with van der Waals surface area (Å²) in [6.45, 7) is 1.38. The van der Waals surface area contributed by atoms with E-state index in [9.17, 15) is 14.4 Å². The lowest BCUT2D eigenvalue weighted by Gasteiger charge is -2.06. The van der Waals surface area contributed by atoms with E-state index in [0.717, 1.165) is 0 Å². The maximum atomic E-state index is 12.0. The molecule has 0 saturated heterocycles. The zero-order valence-corrected chi connectivity index (χ0v) is 10.5. The third-order valence-electron chi connectivity index (χ3n) is 2.63. The molecule has 1 amide bonds. The number of hydrogen-bond acceptors (Lipinski definition) is 4. The maximum absolute atomic E-state index is 12.0. The lowest BCUT2D eigenvalue weighted by atomic mass is 10.2. The van der Waals surface area contributed by atoms with Crippen LogP contribution in [0.15, 0.2) is 30.7 Å². The second-order valence-corrected chi connectivity index (χ2v) is 4.04. The van der Waals surface area contributed by atoms with E-state index in [1.54, 1.807) is 0 Å². The van der Waals surface area contributed by atoms with E-state index in [2.05, 4.69) is 15.3 Å². The number of nitrogens with zero attached hydrogens (tertiary/aromatic N) is 1. The number of nitrogens with one attached hydrogen (secondary N) is 2. The molecule has 2 aromatic heterocycles. The number of aromatic amines is 1. The molecule has 7 nitrogen and oxygen atoms in total. The Morgan fingerprint density at radius 3 is 2.70 bits per heavy atom. The van der Waals surface area contributed by atoms with Gasteiger partial charge in [-0.15, -0.1) is 0 Å². The van der Waals surface area contributed by atoms with E-state index in [1.165, 1.54) is 37.6 Å². The number of carbonyl (C=O) groups excluding carboxylic acids is 2. The summed E-state index contributed by atoms with van der Waals surface area (Å²) in [5.41, 5.74) is 0.561. The van der Waals surface area contributed by atoms with Crippen molar-refractivity contribution in [2.24, 2.45) is 0 Å². The molecule has 0 aromatic carbocycles. The van der Waals surface area contributed by atoms with Crippen LogP contribution in [0.4, 0.5) is 5.69 Å².